The number of aromatic amines is 1. The molecule has 2 aromatic rings. The minimum Gasteiger partial charge on any atom is -0.393 e. The molecule has 5 rings (SSSR count). The van der Waals surface area contributed by atoms with Gasteiger partial charge in [0.05, 0.1) is 56.6 Å². The summed E-state index contributed by atoms with van der Waals surface area (Å²) in [7, 11) is 0. The lowest BCUT2D eigenvalue weighted by Gasteiger charge is -2.52. The Labute approximate surface area is 348 Å². The Balaban J connectivity index is 0.932. The van der Waals surface area contributed by atoms with Gasteiger partial charge in [-0.15, -0.1) is 0 Å². The van der Waals surface area contributed by atoms with Gasteiger partial charge in [0, 0.05) is 54.7 Å². The fourth-order valence-corrected chi connectivity index (χ4v) is 8.95. The predicted octanol–water partition coefficient (Wildman–Crippen LogP) is 4.19. The SMILES string of the molecule is CC(CC1O[C@H]2O[C@@H](C)CCC3C2C(CC[C@@H]3C)[C@H]1C)C(=O)N/N=C\c1ccc(C(=O)NCCOCCOCC(=O)CC(C(=O)N[C@H](C)Cc2cnc[nH]2)[C@@H](C)O)cc1. The molecular weight excluding hydrogens is 757 g/mol. The molecule has 0 bridgehead atoms. The molecule has 6 unspecified atom stereocenters. The van der Waals surface area contributed by atoms with Crippen molar-refractivity contribution >= 4 is 29.7 Å². The van der Waals surface area contributed by atoms with E-state index >= 15 is 0 Å². The molecule has 1 saturated carbocycles. The number of nitrogens with zero attached hydrogens (tertiary/aromatic N) is 2. The van der Waals surface area contributed by atoms with E-state index < -0.39 is 17.9 Å². The number of hydrogen-bond donors (Lipinski definition) is 5. The van der Waals surface area contributed by atoms with Crippen LogP contribution in [0.5, 0.6) is 0 Å². The first-order chi connectivity index (χ1) is 28.3. The number of imidazole rings is 1. The monoisotopic (exact) mass is 822 g/mol. The standard InChI is InChI=1S/C44H66N6O9/c1-26-7-13-37-30(5)39(59-44-40(37)36(26)14-8-29(4)58-44)19-27(2)41(53)50-48-22-32-9-11-33(12-10-32)42(54)46-15-16-56-17-18-57-24-35(52)21-38(31(6)51)43(55)49-28(3)20-34-23-45-25-47-34/h9-12,22-23,25-31,36-40,44,51H,7-8,13-21,24H2,1-6H3,(H,45,47)(H,46,54)(H,49,55)(H,50,53)/b48-22-/t26-,27?,28+,29-,30+,31+,36?,37?,38?,39?,40?,44+/m0/s1. The molecule has 3 fully saturated rings. The Morgan fingerprint density at radius 1 is 0.966 bits per heavy atom. The number of carbonyl (C=O) groups is 4. The van der Waals surface area contributed by atoms with Gasteiger partial charge in [0.15, 0.2) is 12.1 Å². The minimum atomic E-state index is -1.01. The van der Waals surface area contributed by atoms with Gasteiger partial charge in [-0.2, -0.15) is 5.10 Å². The number of aliphatic hydroxyl groups excluding tert-OH is 1. The average molecular weight is 823 g/mol. The fourth-order valence-electron chi connectivity index (χ4n) is 8.95. The van der Waals surface area contributed by atoms with Crippen molar-refractivity contribution in [3.05, 3.63) is 53.6 Å². The molecule has 0 spiro atoms. The van der Waals surface area contributed by atoms with Crippen molar-refractivity contribution in [2.24, 2.45) is 46.5 Å². The van der Waals surface area contributed by atoms with Crippen molar-refractivity contribution in [2.45, 2.75) is 117 Å². The van der Waals surface area contributed by atoms with Crippen molar-refractivity contribution in [1.29, 1.82) is 0 Å². The molecule has 15 heteroatoms. The van der Waals surface area contributed by atoms with Crippen LogP contribution in [0.2, 0.25) is 0 Å². The van der Waals surface area contributed by atoms with Crippen LogP contribution in [0.3, 0.4) is 0 Å². The Morgan fingerprint density at radius 3 is 2.44 bits per heavy atom. The van der Waals surface area contributed by atoms with Gasteiger partial charge in [-0.25, -0.2) is 10.4 Å². The molecule has 3 heterocycles. The number of carbonyl (C=O) groups excluding carboxylic acids is 4. The predicted molar refractivity (Wildman–Crippen MR) is 221 cm³/mol. The van der Waals surface area contributed by atoms with Gasteiger partial charge in [0.1, 0.15) is 6.61 Å². The maximum Gasteiger partial charge on any atom is 0.251 e. The van der Waals surface area contributed by atoms with E-state index in [0.29, 0.717) is 48.0 Å². The van der Waals surface area contributed by atoms with Crippen molar-refractivity contribution in [3.8, 4) is 0 Å². The molecule has 59 heavy (non-hydrogen) atoms. The van der Waals surface area contributed by atoms with Crippen LogP contribution in [-0.2, 0) is 39.8 Å². The van der Waals surface area contributed by atoms with Gasteiger partial charge >= 0.3 is 0 Å². The highest BCUT2D eigenvalue weighted by Crippen LogP contribution is 2.52. The van der Waals surface area contributed by atoms with Crippen molar-refractivity contribution < 1.29 is 43.2 Å². The molecule has 1 aromatic heterocycles. The summed E-state index contributed by atoms with van der Waals surface area (Å²) in [6, 6.07) is 6.66. The second kappa shape index (κ2) is 22.5. The molecule has 5 N–H and O–H groups in total. The minimum absolute atomic E-state index is 0.0510. The number of hydrazone groups is 1. The molecule has 15 nitrogen and oxygen atoms in total. The normalized spacial score (nSPS) is 27.4. The lowest BCUT2D eigenvalue weighted by Crippen LogP contribution is -2.53. The first kappa shape index (κ1) is 46.1. The summed E-state index contributed by atoms with van der Waals surface area (Å²) in [5, 5.41) is 20.0. The smallest absolute Gasteiger partial charge is 0.251 e. The van der Waals surface area contributed by atoms with Crippen molar-refractivity contribution in [1.82, 2.24) is 26.0 Å². The number of Topliss-reactive ketones (excluding diaryl/α,β-unsaturated/α-hetero) is 1. The third-order valence-corrected chi connectivity index (χ3v) is 12.4. The molecule has 0 radical (unpaired) electrons. The van der Waals surface area contributed by atoms with Crippen molar-refractivity contribution in [3.63, 3.8) is 0 Å². The number of rotatable bonds is 21. The summed E-state index contributed by atoms with van der Waals surface area (Å²) in [6.45, 7) is 12.7. The Kier molecular flexibility index (Phi) is 17.6. The molecule has 326 valence electrons. The summed E-state index contributed by atoms with van der Waals surface area (Å²) in [6.07, 6.45) is 9.41. The van der Waals surface area contributed by atoms with Crippen LogP contribution in [0.15, 0.2) is 41.9 Å². The summed E-state index contributed by atoms with van der Waals surface area (Å²) >= 11 is 0. The molecule has 1 aliphatic carbocycles. The maximum absolute atomic E-state index is 13.1. The number of aliphatic hydroxyl groups is 1. The van der Waals surface area contributed by atoms with Gasteiger partial charge in [-0.1, -0.05) is 39.3 Å². The largest absolute Gasteiger partial charge is 0.393 e. The highest BCUT2D eigenvalue weighted by molar-refractivity contribution is 5.95. The van der Waals surface area contributed by atoms with Crippen LogP contribution in [0.4, 0.5) is 0 Å². The van der Waals surface area contributed by atoms with Crippen LogP contribution in [0.1, 0.15) is 102 Å². The summed E-state index contributed by atoms with van der Waals surface area (Å²) in [4.78, 5) is 57.8. The second-order valence-electron chi connectivity index (χ2n) is 17.1. The zero-order valence-electron chi connectivity index (χ0n) is 35.6. The summed E-state index contributed by atoms with van der Waals surface area (Å²) in [5.41, 5.74) is 4.74. The van der Waals surface area contributed by atoms with E-state index in [1.807, 2.05) is 13.8 Å². The van der Waals surface area contributed by atoms with E-state index in [-0.39, 0.29) is 87.4 Å². The number of amides is 3. The highest BCUT2D eigenvalue weighted by Gasteiger charge is 2.52. The second-order valence-corrected chi connectivity index (χ2v) is 17.1. The van der Waals surface area contributed by atoms with Crippen LogP contribution in [0.25, 0.3) is 0 Å². The van der Waals surface area contributed by atoms with Gasteiger partial charge in [-0.3, -0.25) is 19.2 Å². The molecule has 3 amide bonds. The fraction of sp³-hybridized carbons (Fsp3) is 0.682. The van der Waals surface area contributed by atoms with E-state index in [1.54, 1.807) is 43.0 Å². The quantitative estimate of drug-likeness (QED) is 0.0691. The molecule has 2 aliphatic heterocycles. The number of H-pyrrole nitrogens is 1. The number of ketones is 1. The van der Waals surface area contributed by atoms with Crippen LogP contribution in [0, 0.1) is 41.4 Å². The van der Waals surface area contributed by atoms with Crippen LogP contribution < -0.4 is 16.1 Å². The van der Waals surface area contributed by atoms with Gasteiger partial charge < -0.3 is 39.7 Å². The third kappa shape index (κ3) is 13.5. The van der Waals surface area contributed by atoms with E-state index in [9.17, 15) is 24.3 Å². The molecular formula is C44H66N6O9. The Hall–Kier alpha value is -4.02. The zero-order chi connectivity index (χ0) is 42.5. The van der Waals surface area contributed by atoms with Gasteiger partial charge in [-0.05, 0) is 87.8 Å². The first-order valence-electron chi connectivity index (χ1n) is 21.5. The van der Waals surface area contributed by atoms with Crippen LogP contribution >= 0.6 is 0 Å². The molecule has 12 atom stereocenters. The number of aromatic nitrogens is 2. The van der Waals surface area contributed by atoms with Gasteiger partial charge in [0.25, 0.3) is 5.91 Å². The maximum atomic E-state index is 13.1. The van der Waals surface area contributed by atoms with E-state index in [2.05, 4.69) is 51.9 Å². The Bertz CT molecular complexity index is 1670. The number of nitrogens with one attached hydrogen (secondary N) is 4. The van der Waals surface area contributed by atoms with Gasteiger partial charge in [0.2, 0.25) is 11.8 Å². The molecule has 2 saturated heterocycles. The average Bonchev–Trinajstić information content (AvgIpc) is 3.65. The lowest BCUT2D eigenvalue weighted by molar-refractivity contribution is -0.279. The van der Waals surface area contributed by atoms with Crippen LogP contribution in [-0.4, -0.2) is 108 Å². The third-order valence-electron chi connectivity index (χ3n) is 12.4. The first-order valence-corrected chi connectivity index (χ1v) is 21.5. The van der Waals surface area contributed by atoms with E-state index in [4.69, 9.17) is 18.9 Å². The Morgan fingerprint density at radius 2 is 1.71 bits per heavy atom. The summed E-state index contributed by atoms with van der Waals surface area (Å²) < 4.78 is 24.0. The lowest BCUT2D eigenvalue weighted by atomic mass is 9.60. The van der Waals surface area contributed by atoms with E-state index in [1.165, 1.54) is 26.2 Å². The number of benzene rings is 1. The summed E-state index contributed by atoms with van der Waals surface area (Å²) in [5.74, 6) is 0.339. The van der Waals surface area contributed by atoms with E-state index in [0.717, 1.165) is 17.7 Å². The zero-order valence-corrected chi connectivity index (χ0v) is 35.6. The van der Waals surface area contributed by atoms with Crippen molar-refractivity contribution in [2.75, 3.05) is 33.0 Å². The number of hydrogen-bond acceptors (Lipinski definition) is 11. The number of ether oxygens (including phenoxy) is 4. The topological polar surface area (TPSA) is 203 Å². The molecule has 3 aliphatic rings. The highest BCUT2D eigenvalue weighted by atomic mass is 16.7. The molecule has 1 aromatic carbocycles.